The number of benzene rings is 1. The SMILES string of the molecule is CC(c1ccc(F)cc1)N1CC(C(=O)O)CCC1=O. The molecule has 1 heterocycles. The summed E-state index contributed by atoms with van der Waals surface area (Å²) in [5, 5.41) is 9.04. The number of hydrogen-bond donors (Lipinski definition) is 1. The lowest BCUT2D eigenvalue weighted by molar-refractivity contribution is -0.148. The fraction of sp³-hybridized carbons (Fsp3) is 0.429. The first-order valence-electron chi connectivity index (χ1n) is 6.26. The van der Waals surface area contributed by atoms with Gasteiger partial charge in [0.25, 0.3) is 0 Å². The molecule has 1 amide bonds. The number of carbonyl (C=O) groups is 2. The highest BCUT2D eigenvalue weighted by atomic mass is 19.1. The lowest BCUT2D eigenvalue weighted by Crippen LogP contribution is -2.43. The van der Waals surface area contributed by atoms with Crippen molar-refractivity contribution in [1.82, 2.24) is 4.90 Å². The van der Waals surface area contributed by atoms with Crippen LogP contribution in [0.4, 0.5) is 4.39 Å². The summed E-state index contributed by atoms with van der Waals surface area (Å²) in [6.07, 6.45) is 0.642. The van der Waals surface area contributed by atoms with Crippen LogP contribution in [0.3, 0.4) is 0 Å². The van der Waals surface area contributed by atoms with Gasteiger partial charge in [0.05, 0.1) is 12.0 Å². The molecule has 1 aromatic carbocycles. The lowest BCUT2D eigenvalue weighted by Gasteiger charge is -2.35. The molecule has 2 rings (SSSR count). The third-order valence-corrected chi connectivity index (χ3v) is 3.61. The number of rotatable bonds is 3. The first-order chi connectivity index (χ1) is 8.99. The summed E-state index contributed by atoms with van der Waals surface area (Å²) in [7, 11) is 0. The Hall–Kier alpha value is -1.91. The van der Waals surface area contributed by atoms with Crippen molar-refractivity contribution in [3.8, 4) is 0 Å². The van der Waals surface area contributed by atoms with E-state index in [0.717, 1.165) is 5.56 Å². The Bertz CT molecular complexity index is 486. The van der Waals surface area contributed by atoms with Crippen molar-refractivity contribution in [2.24, 2.45) is 5.92 Å². The standard InChI is InChI=1S/C14H16FNO3/c1-9(10-2-5-12(15)6-3-10)16-8-11(14(18)19)4-7-13(16)17/h2-3,5-6,9,11H,4,7-8H2,1H3,(H,18,19). The molecule has 0 bridgehead atoms. The van der Waals surface area contributed by atoms with Crippen LogP contribution in [0.25, 0.3) is 0 Å². The quantitative estimate of drug-likeness (QED) is 0.911. The zero-order valence-corrected chi connectivity index (χ0v) is 10.7. The number of halogens is 1. The molecule has 0 saturated carbocycles. The third kappa shape index (κ3) is 2.92. The predicted molar refractivity (Wildman–Crippen MR) is 66.9 cm³/mol. The fourth-order valence-electron chi connectivity index (χ4n) is 2.37. The van der Waals surface area contributed by atoms with Crippen LogP contribution in [0.1, 0.15) is 31.4 Å². The first-order valence-corrected chi connectivity index (χ1v) is 6.26. The van der Waals surface area contributed by atoms with Gasteiger partial charge < -0.3 is 10.0 Å². The third-order valence-electron chi connectivity index (χ3n) is 3.61. The molecule has 0 spiro atoms. The Kier molecular flexibility index (Phi) is 3.83. The van der Waals surface area contributed by atoms with Crippen molar-refractivity contribution in [3.05, 3.63) is 35.6 Å². The zero-order valence-electron chi connectivity index (χ0n) is 10.7. The van der Waals surface area contributed by atoms with E-state index in [1.54, 1.807) is 17.0 Å². The van der Waals surface area contributed by atoms with Crippen LogP contribution in [0.5, 0.6) is 0 Å². The van der Waals surface area contributed by atoms with Crippen molar-refractivity contribution >= 4 is 11.9 Å². The van der Waals surface area contributed by atoms with E-state index in [4.69, 9.17) is 5.11 Å². The summed E-state index contributed by atoms with van der Waals surface area (Å²) in [5.41, 5.74) is 0.806. The van der Waals surface area contributed by atoms with Gasteiger partial charge in [0.2, 0.25) is 5.91 Å². The highest BCUT2D eigenvalue weighted by Gasteiger charge is 2.32. The van der Waals surface area contributed by atoms with Crippen LogP contribution in [-0.2, 0) is 9.59 Å². The molecular formula is C14H16FNO3. The summed E-state index contributed by atoms with van der Waals surface area (Å²) < 4.78 is 12.9. The number of amides is 1. The van der Waals surface area contributed by atoms with Crippen molar-refractivity contribution in [1.29, 1.82) is 0 Å². The number of carboxylic acids is 1. The highest BCUT2D eigenvalue weighted by molar-refractivity contribution is 5.80. The van der Waals surface area contributed by atoms with Gasteiger partial charge in [0, 0.05) is 13.0 Å². The summed E-state index contributed by atoms with van der Waals surface area (Å²) in [6, 6.07) is 5.69. The molecule has 4 nitrogen and oxygen atoms in total. The normalized spacial score (nSPS) is 21.3. The average molecular weight is 265 g/mol. The van der Waals surface area contributed by atoms with Crippen LogP contribution in [0.2, 0.25) is 0 Å². The van der Waals surface area contributed by atoms with E-state index in [0.29, 0.717) is 6.42 Å². The predicted octanol–water partition coefficient (Wildman–Crippen LogP) is 2.21. The Morgan fingerprint density at radius 1 is 1.42 bits per heavy atom. The molecule has 1 N–H and O–H groups in total. The molecule has 0 aliphatic carbocycles. The van der Waals surface area contributed by atoms with Crippen molar-refractivity contribution in [3.63, 3.8) is 0 Å². The van der Waals surface area contributed by atoms with E-state index in [9.17, 15) is 14.0 Å². The van der Waals surface area contributed by atoms with Crippen molar-refractivity contribution in [2.75, 3.05) is 6.54 Å². The van der Waals surface area contributed by atoms with Gasteiger partial charge in [-0.15, -0.1) is 0 Å². The topological polar surface area (TPSA) is 57.6 Å². The monoisotopic (exact) mass is 265 g/mol. The molecule has 102 valence electrons. The van der Waals surface area contributed by atoms with E-state index in [2.05, 4.69) is 0 Å². The number of piperidine rings is 1. The van der Waals surface area contributed by atoms with Gasteiger partial charge >= 0.3 is 5.97 Å². The van der Waals surface area contributed by atoms with Crippen LogP contribution < -0.4 is 0 Å². The Balaban J connectivity index is 2.16. The largest absolute Gasteiger partial charge is 0.481 e. The molecule has 5 heteroatoms. The van der Waals surface area contributed by atoms with Crippen LogP contribution in [-0.4, -0.2) is 28.4 Å². The Morgan fingerprint density at radius 3 is 2.63 bits per heavy atom. The maximum atomic E-state index is 12.9. The van der Waals surface area contributed by atoms with Gasteiger partial charge in [-0.1, -0.05) is 12.1 Å². The van der Waals surface area contributed by atoms with Gasteiger partial charge in [0.1, 0.15) is 5.82 Å². The van der Waals surface area contributed by atoms with E-state index >= 15 is 0 Å². The van der Waals surface area contributed by atoms with Gasteiger partial charge in [-0.25, -0.2) is 4.39 Å². The van der Waals surface area contributed by atoms with E-state index in [1.807, 2.05) is 6.92 Å². The first kappa shape index (κ1) is 13.5. The van der Waals surface area contributed by atoms with E-state index in [1.165, 1.54) is 12.1 Å². The summed E-state index contributed by atoms with van der Waals surface area (Å²) in [6.45, 7) is 2.04. The van der Waals surface area contributed by atoms with Gasteiger partial charge in [-0.2, -0.15) is 0 Å². The smallest absolute Gasteiger partial charge is 0.308 e. The number of aliphatic carboxylic acids is 1. The minimum absolute atomic E-state index is 0.0469. The lowest BCUT2D eigenvalue weighted by atomic mass is 9.95. The molecule has 1 fully saturated rings. The number of likely N-dealkylation sites (tertiary alicyclic amines) is 1. The molecule has 1 aliphatic heterocycles. The number of nitrogens with zero attached hydrogens (tertiary/aromatic N) is 1. The van der Waals surface area contributed by atoms with E-state index < -0.39 is 11.9 Å². The molecule has 19 heavy (non-hydrogen) atoms. The minimum Gasteiger partial charge on any atom is -0.481 e. The molecule has 0 radical (unpaired) electrons. The molecule has 1 saturated heterocycles. The van der Waals surface area contributed by atoms with Gasteiger partial charge in [-0.05, 0) is 31.0 Å². The highest BCUT2D eigenvalue weighted by Crippen LogP contribution is 2.27. The van der Waals surface area contributed by atoms with Gasteiger partial charge in [-0.3, -0.25) is 9.59 Å². The number of hydrogen-bond acceptors (Lipinski definition) is 2. The zero-order chi connectivity index (χ0) is 14.0. The van der Waals surface area contributed by atoms with Crippen molar-refractivity contribution in [2.45, 2.75) is 25.8 Å². The number of carbonyl (C=O) groups excluding carboxylic acids is 1. The average Bonchev–Trinajstić information content (AvgIpc) is 2.39. The molecule has 2 atom stereocenters. The molecule has 1 aliphatic rings. The molecule has 2 unspecified atom stereocenters. The summed E-state index contributed by atoms with van der Waals surface area (Å²) >= 11 is 0. The second kappa shape index (κ2) is 5.38. The molecular weight excluding hydrogens is 249 g/mol. The minimum atomic E-state index is -0.871. The summed E-state index contributed by atoms with van der Waals surface area (Å²) in [5.74, 6) is -1.76. The van der Waals surface area contributed by atoms with Crippen molar-refractivity contribution < 1.29 is 19.1 Å². The maximum absolute atomic E-state index is 12.9. The van der Waals surface area contributed by atoms with Gasteiger partial charge in [0.15, 0.2) is 0 Å². The Morgan fingerprint density at radius 2 is 2.05 bits per heavy atom. The van der Waals surface area contributed by atoms with Crippen LogP contribution >= 0.6 is 0 Å². The van der Waals surface area contributed by atoms with Crippen LogP contribution in [0, 0.1) is 11.7 Å². The second-order valence-corrected chi connectivity index (χ2v) is 4.85. The second-order valence-electron chi connectivity index (χ2n) is 4.85. The fourth-order valence-corrected chi connectivity index (χ4v) is 2.37. The molecule has 1 aromatic rings. The maximum Gasteiger partial charge on any atom is 0.308 e. The molecule has 0 aromatic heterocycles. The van der Waals surface area contributed by atoms with E-state index in [-0.39, 0.29) is 30.7 Å². The summed E-state index contributed by atoms with van der Waals surface area (Å²) in [4.78, 5) is 24.5. The Labute approximate surface area is 110 Å². The van der Waals surface area contributed by atoms with Crippen LogP contribution in [0.15, 0.2) is 24.3 Å². The number of carboxylic acid groups (broad SMARTS) is 1.